The number of nitro benzene ring substituents is 1. The molecule has 140 valence electrons. The minimum absolute atomic E-state index is 0.0609. The number of carbonyl (C=O) groups is 2. The molecule has 0 aliphatic heterocycles. The van der Waals surface area contributed by atoms with E-state index in [-0.39, 0.29) is 17.5 Å². The second-order valence-electron chi connectivity index (χ2n) is 6.36. The number of anilines is 2. The molecule has 2 N–H and O–H groups in total. The van der Waals surface area contributed by atoms with Gasteiger partial charge in [-0.05, 0) is 42.3 Å². The van der Waals surface area contributed by atoms with Gasteiger partial charge in [0.2, 0.25) is 11.8 Å². The first kappa shape index (κ1) is 19.8. The van der Waals surface area contributed by atoms with Crippen molar-refractivity contribution in [3.8, 4) is 0 Å². The number of hydrogen-bond acceptors (Lipinski definition) is 4. The third-order valence-corrected chi connectivity index (χ3v) is 3.58. The van der Waals surface area contributed by atoms with Crippen molar-refractivity contribution in [2.75, 3.05) is 10.6 Å². The normalized spacial score (nSPS) is 10.8. The van der Waals surface area contributed by atoms with Gasteiger partial charge in [-0.25, -0.2) is 0 Å². The fourth-order valence-electron chi connectivity index (χ4n) is 2.36. The molecule has 27 heavy (non-hydrogen) atoms. The maximum Gasteiger partial charge on any atom is 0.276 e. The fraction of sp³-hybridized carbons (Fsp3) is 0.200. The first-order valence-electron chi connectivity index (χ1n) is 8.47. The van der Waals surface area contributed by atoms with E-state index in [9.17, 15) is 19.7 Å². The van der Waals surface area contributed by atoms with E-state index in [1.54, 1.807) is 42.5 Å². The molecule has 0 atom stereocenters. The lowest BCUT2D eigenvalue weighted by Gasteiger charge is -2.08. The zero-order valence-corrected chi connectivity index (χ0v) is 15.1. The average Bonchev–Trinajstić information content (AvgIpc) is 2.61. The van der Waals surface area contributed by atoms with Crippen molar-refractivity contribution >= 4 is 35.0 Å². The van der Waals surface area contributed by atoms with Crippen LogP contribution in [0.4, 0.5) is 17.1 Å². The molecule has 0 saturated heterocycles. The molecule has 7 nitrogen and oxygen atoms in total. The summed E-state index contributed by atoms with van der Waals surface area (Å²) >= 11 is 0. The van der Waals surface area contributed by atoms with Gasteiger partial charge in [0.15, 0.2) is 0 Å². The van der Waals surface area contributed by atoms with Gasteiger partial charge >= 0.3 is 0 Å². The largest absolute Gasteiger partial charge is 0.326 e. The SMILES string of the molecule is CC(C)CC(=O)Nc1ccc(NC(=O)/C=C/c2ccccc2[N+](=O)[O-])cc1. The number of para-hydroxylation sites is 1. The van der Waals surface area contributed by atoms with Crippen molar-refractivity contribution in [1.29, 1.82) is 0 Å². The number of hydrogen-bond donors (Lipinski definition) is 2. The van der Waals surface area contributed by atoms with Crippen LogP contribution >= 0.6 is 0 Å². The van der Waals surface area contributed by atoms with Crippen molar-refractivity contribution in [3.63, 3.8) is 0 Å². The van der Waals surface area contributed by atoms with Crippen LogP contribution in [0.2, 0.25) is 0 Å². The van der Waals surface area contributed by atoms with Crippen LogP contribution in [-0.4, -0.2) is 16.7 Å². The van der Waals surface area contributed by atoms with Gasteiger partial charge in [0.1, 0.15) is 0 Å². The summed E-state index contributed by atoms with van der Waals surface area (Å²) in [7, 11) is 0. The second-order valence-corrected chi connectivity index (χ2v) is 6.36. The Morgan fingerprint density at radius 2 is 1.63 bits per heavy atom. The number of nitrogens with zero attached hydrogens (tertiary/aromatic N) is 1. The van der Waals surface area contributed by atoms with Crippen LogP contribution in [0.3, 0.4) is 0 Å². The number of nitrogens with one attached hydrogen (secondary N) is 2. The van der Waals surface area contributed by atoms with Gasteiger partial charge in [-0.3, -0.25) is 19.7 Å². The van der Waals surface area contributed by atoms with Crippen LogP contribution in [0.15, 0.2) is 54.6 Å². The highest BCUT2D eigenvalue weighted by Crippen LogP contribution is 2.19. The highest BCUT2D eigenvalue weighted by atomic mass is 16.6. The molecule has 2 amide bonds. The summed E-state index contributed by atoms with van der Waals surface area (Å²) in [6.45, 7) is 3.94. The van der Waals surface area contributed by atoms with E-state index in [4.69, 9.17) is 0 Å². The Labute approximate surface area is 157 Å². The van der Waals surface area contributed by atoms with Crippen molar-refractivity contribution < 1.29 is 14.5 Å². The number of carbonyl (C=O) groups excluding carboxylic acids is 2. The predicted octanol–water partition coefficient (Wildman–Crippen LogP) is 4.23. The molecule has 0 heterocycles. The first-order valence-corrected chi connectivity index (χ1v) is 8.47. The Morgan fingerprint density at radius 3 is 2.22 bits per heavy atom. The van der Waals surface area contributed by atoms with Gasteiger partial charge in [-0.1, -0.05) is 26.0 Å². The highest BCUT2D eigenvalue weighted by molar-refractivity contribution is 6.02. The zero-order valence-electron chi connectivity index (χ0n) is 15.1. The van der Waals surface area contributed by atoms with E-state index in [1.807, 2.05) is 13.8 Å². The third-order valence-electron chi connectivity index (χ3n) is 3.58. The number of amides is 2. The topological polar surface area (TPSA) is 101 Å². The van der Waals surface area contributed by atoms with E-state index in [0.717, 1.165) is 0 Å². The molecule has 0 aromatic heterocycles. The van der Waals surface area contributed by atoms with Crippen LogP contribution in [-0.2, 0) is 9.59 Å². The summed E-state index contributed by atoms with van der Waals surface area (Å²) in [6.07, 6.45) is 3.07. The number of benzene rings is 2. The van der Waals surface area contributed by atoms with Gasteiger partial charge in [-0.2, -0.15) is 0 Å². The summed E-state index contributed by atoms with van der Waals surface area (Å²) < 4.78 is 0. The average molecular weight is 367 g/mol. The lowest BCUT2D eigenvalue weighted by molar-refractivity contribution is -0.385. The van der Waals surface area contributed by atoms with Gasteiger partial charge in [0.25, 0.3) is 5.69 Å². The molecule has 0 spiro atoms. The Morgan fingerprint density at radius 1 is 1.04 bits per heavy atom. The Balaban J connectivity index is 1.96. The summed E-state index contributed by atoms with van der Waals surface area (Å²) in [4.78, 5) is 34.2. The lowest BCUT2D eigenvalue weighted by Crippen LogP contribution is -2.14. The molecule has 0 fully saturated rings. The van der Waals surface area contributed by atoms with Crippen molar-refractivity contribution in [3.05, 3.63) is 70.3 Å². The molecule has 0 radical (unpaired) electrons. The molecule has 0 aliphatic rings. The fourth-order valence-corrected chi connectivity index (χ4v) is 2.36. The molecular weight excluding hydrogens is 346 g/mol. The maximum absolute atomic E-state index is 12.0. The lowest BCUT2D eigenvalue weighted by atomic mass is 10.1. The van der Waals surface area contributed by atoms with Crippen LogP contribution in [0.1, 0.15) is 25.8 Å². The zero-order chi connectivity index (χ0) is 19.8. The minimum Gasteiger partial charge on any atom is -0.326 e. The summed E-state index contributed by atoms with van der Waals surface area (Å²) in [5, 5.41) is 16.4. The third kappa shape index (κ3) is 6.39. The highest BCUT2D eigenvalue weighted by Gasteiger charge is 2.10. The summed E-state index contributed by atoms with van der Waals surface area (Å²) in [5.74, 6) is -0.199. The van der Waals surface area contributed by atoms with Gasteiger partial charge in [-0.15, -0.1) is 0 Å². The van der Waals surface area contributed by atoms with E-state index in [2.05, 4.69) is 10.6 Å². The van der Waals surface area contributed by atoms with Crippen LogP contribution in [0.25, 0.3) is 6.08 Å². The maximum atomic E-state index is 12.0. The van der Waals surface area contributed by atoms with Crippen molar-refractivity contribution in [1.82, 2.24) is 0 Å². The molecule has 2 aromatic rings. The predicted molar refractivity (Wildman–Crippen MR) is 105 cm³/mol. The Kier molecular flexibility index (Phi) is 6.82. The second kappa shape index (κ2) is 9.28. The van der Waals surface area contributed by atoms with Gasteiger partial charge in [0, 0.05) is 29.9 Å². The molecule has 0 aliphatic carbocycles. The van der Waals surface area contributed by atoms with E-state index >= 15 is 0 Å². The van der Waals surface area contributed by atoms with E-state index in [0.29, 0.717) is 23.4 Å². The van der Waals surface area contributed by atoms with Gasteiger partial charge in [0.05, 0.1) is 10.5 Å². The molecule has 0 unspecified atom stereocenters. The standard InChI is InChI=1S/C20H21N3O4/c1-14(2)13-20(25)22-17-10-8-16(9-11-17)21-19(24)12-7-15-5-3-4-6-18(15)23(26)27/h3-12,14H,13H2,1-2H3,(H,21,24)(H,22,25)/b12-7+. The molecule has 7 heteroatoms. The molecule has 0 bridgehead atoms. The molecular formula is C20H21N3O4. The van der Waals surface area contributed by atoms with Gasteiger partial charge < -0.3 is 10.6 Å². The van der Waals surface area contributed by atoms with Crippen LogP contribution < -0.4 is 10.6 Å². The molecule has 2 aromatic carbocycles. The number of nitro groups is 1. The monoisotopic (exact) mass is 367 g/mol. The minimum atomic E-state index is -0.496. The van der Waals surface area contributed by atoms with Crippen molar-refractivity contribution in [2.45, 2.75) is 20.3 Å². The van der Waals surface area contributed by atoms with Crippen LogP contribution in [0, 0.1) is 16.0 Å². The summed E-state index contributed by atoms with van der Waals surface area (Å²) in [6, 6.07) is 12.9. The van der Waals surface area contributed by atoms with Crippen LogP contribution in [0.5, 0.6) is 0 Å². The molecule has 0 saturated carbocycles. The quantitative estimate of drug-likeness (QED) is 0.434. The number of rotatable bonds is 7. The summed E-state index contributed by atoms with van der Waals surface area (Å²) in [5.41, 5.74) is 1.48. The molecule has 2 rings (SSSR count). The smallest absolute Gasteiger partial charge is 0.276 e. The Bertz CT molecular complexity index is 858. The van der Waals surface area contributed by atoms with E-state index < -0.39 is 10.8 Å². The first-order chi connectivity index (χ1) is 12.8. The van der Waals surface area contributed by atoms with Crippen molar-refractivity contribution in [2.24, 2.45) is 5.92 Å². The Hall–Kier alpha value is -3.48. The van der Waals surface area contributed by atoms with E-state index in [1.165, 1.54) is 18.2 Å².